The van der Waals surface area contributed by atoms with Crippen LogP contribution in [0.2, 0.25) is 0 Å². The Bertz CT molecular complexity index is 586. The summed E-state index contributed by atoms with van der Waals surface area (Å²) in [5, 5.41) is 3.00. The van der Waals surface area contributed by atoms with E-state index in [1.54, 1.807) is 19.1 Å². The molecule has 1 unspecified atom stereocenters. The summed E-state index contributed by atoms with van der Waals surface area (Å²) in [6, 6.07) is 3.28. The molecule has 0 bridgehead atoms. The van der Waals surface area contributed by atoms with Gasteiger partial charge in [0.05, 0.1) is 31.4 Å². The van der Waals surface area contributed by atoms with Gasteiger partial charge in [0.1, 0.15) is 0 Å². The molecule has 132 valence electrons. The molecule has 6 heteroatoms. The minimum absolute atomic E-state index is 0.0491. The van der Waals surface area contributed by atoms with Crippen molar-refractivity contribution in [3.05, 3.63) is 28.8 Å². The van der Waals surface area contributed by atoms with E-state index in [1.165, 1.54) is 0 Å². The van der Waals surface area contributed by atoms with Gasteiger partial charge in [-0.15, -0.1) is 0 Å². The van der Waals surface area contributed by atoms with Crippen molar-refractivity contribution in [3.8, 4) is 0 Å². The second kappa shape index (κ2) is 8.26. The lowest BCUT2D eigenvalue weighted by Crippen LogP contribution is -2.47. The minimum atomic E-state index is -0.344. The van der Waals surface area contributed by atoms with Gasteiger partial charge in [-0.05, 0) is 51.0 Å². The first-order chi connectivity index (χ1) is 11.4. The van der Waals surface area contributed by atoms with E-state index in [0.717, 1.165) is 29.9 Å². The van der Waals surface area contributed by atoms with Gasteiger partial charge in [0.25, 0.3) is 0 Å². The topological polar surface area (TPSA) is 67.9 Å². The largest absolute Gasteiger partial charge is 0.462 e. The maximum absolute atomic E-state index is 12.6. The van der Waals surface area contributed by atoms with Gasteiger partial charge in [-0.1, -0.05) is 0 Å². The van der Waals surface area contributed by atoms with Crippen LogP contribution < -0.4 is 5.32 Å². The number of carbonyl (C=O) groups is 2. The fourth-order valence-corrected chi connectivity index (χ4v) is 2.85. The van der Waals surface area contributed by atoms with E-state index in [2.05, 4.69) is 10.2 Å². The molecule has 0 aliphatic carbocycles. The lowest BCUT2D eigenvalue weighted by atomic mass is 10.0. The van der Waals surface area contributed by atoms with Gasteiger partial charge in [-0.25, -0.2) is 4.79 Å². The monoisotopic (exact) mass is 334 g/mol. The van der Waals surface area contributed by atoms with Crippen molar-refractivity contribution in [3.63, 3.8) is 0 Å². The maximum atomic E-state index is 12.6. The summed E-state index contributed by atoms with van der Waals surface area (Å²) in [6.45, 7) is 10.6. The van der Waals surface area contributed by atoms with Crippen LogP contribution in [-0.4, -0.2) is 55.7 Å². The first-order valence-electron chi connectivity index (χ1n) is 8.35. The summed E-state index contributed by atoms with van der Waals surface area (Å²) in [4.78, 5) is 26.5. The van der Waals surface area contributed by atoms with Crippen molar-refractivity contribution in [1.29, 1.82) is 0 Å². The molecule has 1 saturated heterocycles. The number of esters is 1. The summed E-state index contributed by atoms with van der Waals surface area (Å²) >= 11 is 0. The van der Waals surface area contributed by atoms with Gasteiger partial charge in [-0.2, -0.15) is 0 Å². The highest BCUT2D eigenvalue weighted by Gasteiger charge is 2.24. The number of rotatable bonds is 5. The molecule has 6 nitrogen and oxygen atoms in total. The van der Waals surface area contributed by atoms with Crippen molar-refractivity contribution in [2.75, 3.05) is 38.2 Å². The number of nitrogens with one attached hydrogen (secondary N) is 1. The Morgan fingerprint density at radius 2 is 1.83 bits per heavy atom. The van der Waals surface area contributed by atoms with Crippen molar-refractivity contribution >= 4 is 17.6 Å². The normalized spacial score (nSPS) is 16.5. The van der Waals surface area contributed by atoms with Gasteiger partial charge < -0.3 is 14.8 Å². The van der Waals surface area contributed by atoms with E-state index >= 15 is 0 Å². The van der Waals surface area contributed by atoms with Crippen LogP contribution in [0.4, 0.5) is 5.69 Å². The summed E-state index contributed by atoms with van der Waals surface area (Å²) in [5.41, 5.74) is 2.96. The van der Waals surface area contributed by atoms with Crippen LogP contribution in [0.1, 0.15) is 35.3 Å². The Labute approximate surface area is 143 Å². The molecule has 1 heterocycles. The molecule has 24 heavy (non-hydrogen) atoms. The van der Waals surface area contributed by atoms with E-state index in [1.807, 2.05) is 20.8 Å². The molecule has 1 aromatic carbocycles. The number of nitrogens with zero attached hydrogens (tertiary/aromatic N) is 1. The third-order valence-electron chi connectivity index (χ3n) is 4.26. The average molecular weight is 334 g/mol. The number of amides is 1. The highest BCUT2D eigenvalue weighted by Crippen LogP contribution is 2.23. The zero-order chi connectivity index (χ0) is 17.7. The predicted octanol–water partition coefficient (Wildman–Crippen LogP) is 2.14. The van der Waals surface area contributed by atoms with E-state index in [9.17, 15) is 9.59 Å². The second-order valence-corrected chi connectivity index (χ2v) is 6.02. The summed E-state index contributed by atoms with van der Waals surface area (Å²) in [5.74, 6) is -0.393. The van der Waals surface area contributed by atoms with E-state index in [0.29, 0.717) is 25.4 Å². The number of morpholine rings is 1. The third-order valence-corrected chi connectivity index (χ3v) is 4.26. The Morgan fingerprint density at radius 3 is 2.38 bits per heavy atom. The van der Waals surface area contributed by atoms with Crippen molar-refractivity contribution < 1.29 is 19.1 Å². The van der Waals surface area contributed by atoms with Crippen LogP contribution in [0, 0.1) is 13.8 Å². The van der Waals surface area contributed by atoms with Crippen molar-refractivity contribution in [2.45, 2.75) is 33.7 Å². The van der Waals surface area contributed by atoms with Crippen molar-refractivity contribution in [2.24, 2.45) is 0 Å². The van der Waals surface area contributed by atoms with Gasteiger partial charge in [0.15, 0.2) is 0 Å². The Hall–Kier alpha value is -1.92. The average Bonchev–Trinajstić information content (AvgIpc) is 2.58. The number of hydrogen-bond acceptors (Lipinski definition) is 5. The fourth-order valence-electron chi connectivity index (χ4n) is 2.85. The number of carbonyl (C=O) groups excluding carboxylic acids is 2. The molecule has 1 aliphatic heterocycles. The number of hydrogen-bond donors (Lipinski definition) is 1. The highest BCUT2D eigenvalue weighted by atomic mass is 16.5. The lowest BCUT2D eigenvalue weighted by Gasteiger charge is -2.31. The zero-order valence-electron chi connectivity index (χ0n) is 14.8. The molecular formula is C18H26N2O4. The van der Waals surface area contributed by atoms with Crippen LogP contribution >= 0.6 is 0 Å². The van der Waals surface area contributed by atoms with Crippen LogP contribution in [-0.2, 0) is 14.3 Å². The summed E-state index contributed by atoms with van der Waals surface area (Å²) in [7, 11) is 0. The fraction of sp³-hybridized carbons (Fsp3) is 0.556. The second-order valence-electron chi connectivity index (χ2n) is 6.02. The molecule has 1 N–H and O–H groups in total. The molecule has 0 saturated carbocycles. The summed E-state index contributed by atoms with van der Waals surface area (Å²) < 4.78 is 10.4. The molecule has 1 atom stereocenters. The van der Waals surface area contributed by atoms with E-state index in [-0.39, 0.29) is 17.9 Å². The van der Waals surface area contributed by atoms with Crippen LogP contribution in [0.15, 0.2) is 12.1 Å². The maximum Gasteiger partial charge on any atom is 0.338 e. The molecular weight excluding hydrogens is 308 g/mol. The van der Waals surface area contributed by atoms with Crippen LogP contribution in [0.25, 0.3) is 0 Å². The number of anilines is 1. The Balaban J connectivity index is 2.11. The molecule has 1 aliphatic rings. The lowest BCUT2D eigenvalue weighted by molar-refractivity contribution is -0.122. The minimum Gasteiger partial charge on any atom is -0.462 e. The zero-order valence-corrected chi connectivity index (χ0v) is 14.8. The number of aryl methyl sites for hydroxylation is 2. The van der Waals surface area contributed by atoms with Gasteiger partial charge in [0.2, 0.25) is 5.91 Å². The Morgan fingerprint density at radius 1 is 1.25 bits per heavy atom. The van der Waals surface area contributed by atoms with E-state index in [4.69, 9.17) is 9.47 Å². The van der Waals surface area contributed by atoms with Crippen molar-refractivity contribution in [1.82, 2.24) is 4.90 Å². The molecule has 1 aromatic rings. The smallest absolute Gasteiger partial charge is 0.338 e. The highest BCUT2D eigenvalue weighted by molar-refractivity contribution is 5.97. The molecule has 2 rings (SSSR count). The quantitative estimate of drug-likeness (QED) is 0.836. The molecule has 1 amide bonds. The molecule has 0 spiro atoms. The number of benzene rings is 1. The standard InChI is InChI=1S/C18H26N2O4/c1-5-24-18(22)15-10-12(2)16(13(3)11-15)19-17(21)14(4)20-6-8-23-9-7-20/h10-11,14H,5-9H2,1-4H3,(H,19,21). The number of ether oxygens (including phenoxy) is 2. The van der Waals surface area contributed by atoms with Gasteiger partial charge >= 0.3 is 5.97 Å². The first kappa shape index (κ1) is 18.4. The molecule has 0 radical (unpaired) electrons. The van der Waals surface area contributed by atoms with Gasteiger partial charge in [-0.3, -0.25) is 9.69 Å². The Kier molecular flexibility index (Phi) is 6.34. The first-order valence-corrected chi connectivity index (χ1v) is 8.35. The van der Waals surface area contributed by atoms with E-state index < -0.39 is 0 Å². The molecule has 1 fully saturated rings. The molecule has 0 aromatic heterocycles. The summed E-state index contributed by atoms with van der Waals surface area (Å²) in [6.07, 6.45) is 0. The van der Waals surface area contributed by atoms with Crippen LogP contribution in [0.5, 0.6) is 0 Å². The van der Waals surface area contributed by atoms with Gasteiger partial charge in [0, 0.05) is 18.8 Å². The third kappa shape index (κ3) is 4.33. The predicted molar refractivity (Wildman–Crippen MR) is 92.4 cm³/mol. The van der Waals surface area contributed by atoms with Crippen LogP contribution in [0.3, 0.4) is 0 Å². The SMILES string of the molecule is CCOC(=O)c1cc(C)c(NC(=O)C(C)N2CCOCC2)c(C)c1.